The van der Waals surface area contributed by atoms with E-state index < -0.39 is 15.8 Å². The van der Waals surface area contributed by atoms with Gasteiger partial charge in [-0.15, -0.1) is 0 Å². The number of amides is 1. The van der Waals surface area contributed by atoms with Gasteiger partial charge in [0.1, 0.15) is 16.5 Å². The number of aromatic hydroxyl groups is 1. The van der Waals surface area contributed by atoms with Gasteiger partial charge in [-0.05, 0) is 36.8 Å². The highest BCUT2D eigenvalue weighted by Crippen LogP contribution is 2.23. The van der Waals surface area contributed by atoms with E-state index in [1.807, 2.05) is 0 Å². The zero-order valence-corrected chi connectivity index (χ0v) is 15.0. The van der Waals surface area contributed by atoms with Gasteiger partial charge in [0.05, 0.1) is 5.56 Å². The van der Waals surface area contributed by atoms with E-state index in [2.05, 4.69) is 0 Å². The summed E-state index contributed by atoms with van der Waals surface area (Å²) in [5, 5.41) is 9.96. The normalized spacial score (nSPS) is 15.8. The quantitative estimate of drug-likeness (QED) is 0.886. The maximum absolute atomic E-state index is 13.8. The Balaban J connectivity index is 1.73. The first-order chi connectivity index (χ1) is 12.3. The highest BCUT2D eigenvalue weighted by atomic mass is 32.2. The van der Waals surface area contributed by atoms with Crippen molar-refractivity contribution in [3.63, 3.8) is 0 Å². The van der Waals surface area contributed by atoms with Crippen molar-refractivity contribution >= 4 is 15.9 Å². The van der Waals surface area contributed by atoms with Crippen molar-refractivity contribution in [2.75, 3.05) is 26.2 Å². The third-order valence-corrected chi connectivity index (χ3v) is 6.30. The van der Waals surface area contributed by atoms with E-state index in [0.717, 1.165) is 11.6 Å². The molecule has 1 aliphatic rings. The van der Waals surface area contributed by atoms with Crippen LogP contribution in [0.5, 0.6) is 5.75 Å². The predicted molar refractivity (Wildman–Crippen MR) is 93.9 cm³/mol. The van der Waals surface area contributed by atoms with Crippen molar-refractivity contribution in [3.05, 3.63) is 59.4 Å². The molecule has 0 aromatic heterocycles. The zero-order chi connectivity index (χ0) is 18.9. The minimum absolute atomic E-state index is 0.0645. The number of benzene rings is 2. The molecule has 0 bridgehead atoms. The molecule has 1 aliphatic heterocycles. The Morgan fingerprint density at radius 2 is 1.73 bits per heavy atom. The molecule has 2 aromatic rings. The molecule has 3 rings (SSSR count). The lowest BCUT2D eigenvalue weighted by Crippen LogP contribution is -2.50. The fourth-order valence-electron chi connectivity index (χ4n) is 2.92. The number of piperazine rings is 1. The summed E-state index contributed by atoms with van der Waals surface area (Å²) in [6, 6.07) is 10.0. The molecule has 0 unspecified atom stereocenters. The lowest BCUT2D eigenvalue weighted by Gasteiger charge is -2.34. The van der Waals surface area contributed by atoms with Gasteiger partial charge in [-0.1, -0.05) is 18.2 Å². The van der Waals surface area contributed by atoms with Crippen LogP contribution in [0, 0.1) is 12.7 Å². The smallest absolute Gasteiger partial charge is 0.257 e. The number of phenolic OH excluding ortho intramolecular Hbond substituents is 1. The van der Waals surface area contributed by atoms with E-state index in [0.29, 0.717) is 0 Å². The van der Waals surface area contributed by atoms with Crippen molar-refractivity contribution in [3.8, 4) is 5.75 Å². The number of carbonyl (C=O) groups is 1. The molecule has 1 heterocycles. The number of halogens is 1. The molecule has 26 heavy (non-hydrogen) atoms. The van der Waals surface area contributed by atoms with Crippen molar-refractivity contribution in [2.24, 2.45) is 0 Å². The van der Waals surface area contributed by atoms with Gasteiger partial charge in [-0.3, -0.25) is 4.79 Å². The van der Waals surface area contributed by atoms with Crippen LogP contribution in [-0.4, -0.2) is 54.8 Å². The number of nitrogens with zero attached hydrogens (tertiary/aromatic N) is 2. The monoisotopic (exact) mass is 378 g/mol. The van der Waals surface area contributed by atoms with Crippen LogP contribution in [0.25, 0.3) is 0 Å². The summed E-state index contributed by atoms with van der Waals surface area (Å²) in [6.07, 6.45) is 0. The lowest BCUT2D eigenvalue weighted by molar-refractivity contribution is 0.0694. The summed E-state index contributed by atoms with van der Waals surface area (Å²) in [5.74, 6) is -1.25. The Kier molecular flexibility index (Phi) is 4.97. The second-order valence-corrected chi connectivity index (χ2v) is 8.05. The van der Waals surface area contributed by atoms with Crippen LogP contribution in [0.1, 0.15) is 15.9 Å². The fraction of sp³-hybridized carbons (Fsp3) is 0.278. The van der Waals surface area contributed by atoms with Gasteiger partial charge < -0.3 is 10.0 Å². The molecule has 0 aliphatic carbocycles. The van der Waals surface area contributed by atoms with Crippen molar-refractivity contribution in [2.45, 2.75) is 11.8 Å². The van der Waals surface area contributed by atoms with E-state index in [-0.39, 0.29) is 48.3 Å². The maximum atomic E-state index is 13.8. The van der Waals surface area contributed by atoms with Crippen LogP contribution in [0.3, 0.4) is 0 Å². The summed E-state index contributed by atoms with van der Waals surface area (Å²) in [4.78, 5) is 13.7. The Morgan fingerprint density at radius 3 is 2.35 bits per heavy atom. The van der Waals surface area contributed by atoms with E-state index in [4.69, 9.17) is 0 Å². The Hall–Kier alpha value is -2.45. The van der Waals surface area contributed by atoms with Crippen LogP contribution >= 0.6 is 0 Å². The SMILES string of the molecule is Cc1ccc(C(=O)N2CCN(S(=O)(=O)c3ccccc3F)CC2)c(O)c1. The summed E-state index contributed by atoms with van der Waals surface area (Å²) in [6.45, 7) is 2.27. The number of rotatable bonds is 3. The van der Waals surface area contributed by atoms with Crippen LogP contribution in [0.2, 0.25) is 0 Å². The number of carbonyl (C=O) groups excluding carboxylic acids is 1. The molecule has 2 aromatic carbocycles. The molecule has 0 atom stereocenters. The number of hydrogen-bond donors (Lipinski definition) is 1. The largest absolute Gasteiger partial charge is 0.507 e. The standard InChI is InChI=1S/C18H19FN2O4S/c1-13-6-7-14(16(22)12-13)18(23)20-8-10-21(11-9-20)26(24,25)17-5-3-2-4-15(17)19/h2-7,12,22H,8-11H2,1H3. The van der Waals surface area contributed by atoms with Crippen molar-refractivity contribution < 1.29 is 22.7 Å². The second kappa shape index (κ2) is 7.05. The van der Waals surface area contributed by atoms with Crippen molar-refractivity contribution in [1.82, 2.24) is 9.21 Å². The lowest BCUT2D eigenvalue weighted by atomic mass is 10.1. The van der Waals surface area contributed by atoms with E-state index in [1.54, 1.807) is 19.1 Å². The first kappa shape index (κ1) is 18.3. The second-order valence-electron chi connectivity index (χ2n) is 6.15. The summed E-state index contributed by atoms with van der Waals surface area (Å²) in [5.41, 5.74) is 1.01. The van der Waals surface area contributed by atoms with Crippen molar-refractivity contribution in [1.29, 1.82) is 0 Å². The summed E-state index contributed by atoms with van der Waals surface area (Å²) >= 11 is 0. The molecule has 0 radical (unpaired) electrons. The fourth-order valence-corrected chi connectivity index (χ4v) is 4.40. The average molecular weight is 378 g/mol. The van der Waals surface area contributed by atoms with Crippen LogP contribution in [0.15, 0.2) is 47.4 Å². The molecule has 1 saturated heterocycles. The van der Waals surface area contributed by atoms with Gasteiger partial charge in [-0.25, -0.2) is 12.8 Å². The molecular formula is C18H19FN2O4S. The third-order valence-electron chi connectivity index (χ3n) is 4.36. The molecule has 1 amide bonds. The molecule has 6 nitrogen and oxygen atoms in total. The van der Waals surface area contributed by atoms with Gasteiger partial charge >= 0.3 is 0 Å². The Morgan fingerprint density at radius 1 is 1.08 bits per heavy atom. The van der Waals surface area contributed by atoms with Crippen LogP contribution < -0.4 is 0 Å². The van der Waals surface area contributed by atoms with Gasteiger partial charge in [0.15, 0.2) is 0 Å². The molecular weight excluding hydrogens is 359 g/mol. The van der Waals surface area contributed by atoms with Gasteiger partial charge in [0.2, 0.25) is 10.0 Å². The molecule has 0 spiro atoms. The van der Waals surface area contributed by atoms with Gasteiger partial charge in [0.25, 0.3) is 5.91 Å². The maximum Gasteiger partial charge on any atom is 0.257 e. The minimum atomic E-state index is -3.95. The number of aryl methyl sites for hydroxylation is 1. The molecule has 0 saturated carbocycles. The first-order valence-corrected chi connectivity index (χ1v) is 9.58. The van der Waals surface area contributed by atoms with Crippen LogP contribution in [-0.2, 0) is 10.0 Å². The summed E-state index contributed by atoms with van der Waals surface area (Å²) < 4.78 is 40.2. The zero-order valence-electron chi connectivity index (χ0n) is 14.2. The van der Waals surface area contributed by atoms with E-state index in [1.165, 1.54) is 33.5 Å². The van der Waals surface area contributed by atoms with Gasteiger partial charge in [0, 0.05) is 26.2 Å². The van der Waals surface area contributed by atoms with Gasteiger partial charge in [-0.2, -0.15) is 4.31 Å². The van der Waals surface area contributed by atoms with Crippen LogP contribution in [0.4, 0.5) is 4.39 Å². The van der Waals surface area contributed by atoms with E-state index >= 15 is 0 Å². The topological polar surface area (TPSA) is 77.9 Å². The highest BCUT2D eigenvalue weighted by Gasteiger charge is 2.32. The number of hydrogen-bond acceptors (Lipinski definition) is 4. The number of phenols is 1. The minimum Gasteiger partial charge on any atom is -0.507 e. The first-order valence-electron chi connectivity index (χ1n) is 8.14. The average Bonchev–Trinajstić information content (AvgIpc) is 2.61. The molecule has 8 heteroatoms. The molecule has 1 fully saturated rings. The molecule has 138 valence electrons. The third kappa shape index (κ3) is 3.42. The Labute approximate surface area is 151 Å². The number of sulfonamides is 1. The molecule has 1 N–H and O–H groups in total. The highest BCUT2D eigenvalue weighted by molar-refractivity contribution is 7.89. The summed E-state index contributed by atoms with van der Waals surface area (Å²) in [7, 11) is -3.95. The Bertz CT molecular complexity index is 938. The van der Waals surface area contributed by atoms with E-state index in [9.17, 15) is 22.7 Å². The predicted octanol–water partition coefficient (Wildman–Crippen LogP) is 1.99.